The van der Waals surface area contributed by atoms with Gasteiger partial charge in [0.1, 0.15) is 0 Å². The summed E-state index contributed by atoms with van der Waals surface area (Å²) >= 11 is 0. The van der Waals surface area contributed by atoms with Crippen LogP contribution in [0.3, 0.4) is 0 Å². The quantitative estimate of drug-likeness (QED) is 0.526. The van der Waals surface area contributed by atoms with Gasteiger partial charge in [-0.05, 0) is 32.3 Å². The number of rotatable bonds is 1. The Hall–Kier alpha value is -0.590. The summed E-state index contributed by atoms with van der Waals surface area (Å²) in [6.45, 7) is 6.44. The van der Waals surface area contributed by atoms with Crippen molar-refractivity contribution in [3.8, 4) is 0 Å². The van der Waals surface area contributed by atoms with Gasteiger partial charge in [0.05, 0.1) is 6.04 Å². The molecule has 0 fully saturated rings. The molecule has 1 heterocycles. The molecule has 0 aromatic carbocycles. The van der Waals surface area contributed by atoms with Gasteiger partial charge in [-0.15, -0.1) is 0 Å². The van der Waals surface area contributed by atoms with Crippen LogP contribution in [0.4, 0.5) is 0 Å². The van der Waals surface area contributed by atoms with Crippen molar-refractivity contribution in [1.82, 2.24) is 0 Å². The average molecular weight is 137 g/mol. The molecule has 0 radical (unpaired) electrons. The number of aliphatic imine (C=N–C) groups is 1. The molecule has 56 valence electrons. The molecule has 0 bridgehead atoms. The van der Waals surface area contributed by atoms with Gasteiger partial charge < -0.3 is 0 Å². The lowest BCUT2D eigenvalue weighted by molar-refractivity contribution is 0.742. The van der Waals surface area contributed by atoms with Crippen LogP contribution in [0.2, 0.25) is 0 Å². The van der Waals surface area contributed by atoms with Gasteiger partial charge in [0.25, 0.3) is 0 Å². The molecule has 1 rings (SSSR count). The van der Waals surface area contributed by atoms with Crippen LogP contribution in [0.15, 0.2) is 16.6 Å². The third kappa shape index (κ3) is 1.47. The number of allylic oxidation sites excluding steroid dienone is 1. The second-order valence-corrected chi connectivity index (χ2v) is 2.88. The minimum atomic E-state index is 0.510. The van der Waals surface area contributed by atoms with E-state index in [1.807, 2.05) is 0 Å². The SMILES string of the molecule is CCC1=CCC(C)N=C1C. The average Bonchev–Trinajstić information content (AvgIpc) is 1.88. The van der Waals surface area contributed by atoms with Gasteiger partial charge in [0, 0.05) is 5.71 Å². The number of hydrogen-bond donors (Lipinski definition) is 0. The van der Waals surface area contributed by atoms with E-state index in [2.05, 4.69) is 31.8 Å². The van der Waals surface area contributed by atoms with Crippen LogP contribution in [0.25, 0.3) is 0 Å². The topological polar surface area (TPSA) is 12.4 Å². The van der Waals surface area contributed by atoms with Crippen LogP contribution in [-0.2, 0) is 0 Å². The fraction of sp³-hybridized carbons (Fsp3) is 0.667. The molecular weight excluding hydrogens is 122 g/mol. The molecule has 0 aromatic rings. The van der Waals surface area contributed by atoms with Gasteiger partial charge in [-0.25, -0.2) is 0 Å². The van der Waals surface area contributed by atoms with E-state index in [0.717, 1.165) is 12.8 Å². The Morgan fingerprint density at radius 1 is 1.70 bits per heavy atom. The third-order valence-corrected chi connectivity index (χ3v) is 1.97. The highest BCUT2D eigenvalue weighted by Gasteiger charge is 2.07. The van der Waals surface area contributed by atoms with Crippen molar-refractivity contribution in [2.75, 3.05) is 0 Å². The summed E-state index contributed by atoms with van der Waals surface area (Å²) in [6.07, 6.45) is 4.57. The maximum atomic E-state index is 4.48. The van der Waals surface area contributed by atoms with Crippen LogP contribution in [0.1, 0.15) is 33.6 Å². The van der Waals surface area contributed by atoms with Gasteiger partial charge in [0.2, 0.25) is 0 Å². The summed E-state index contributed by atoms with van der Waals surface area (Å²) in [5, 5.41) is 0. The molecule has 0 N–H and O–H groups in total. The third-order valence-electron chi connectivity index (χ3n) is 1.97. The molecule has 10 heavy (non-hydrogen) atoms. The zero-order chi connectivity index (χ0) is 7.56. The molecule has 0 aliphatic carbocycles. The first-order chi connectivity index (χ1) is 4.74. The van der Waals surface area contributed by atoms with Gasteiger partial charge in [-0.3, -0.25) is 4.99 Å². The van der Waals surface area contributed by atoms with Crippen molar-refractivity contribution in [3.05, 3.63) is 11.6 Å². The first kappa shape index (κ1) is 7.52. The molecule has 0 saturated carbocycles. The Bertz CT molecular complexity index is 177. The van der Waals surface area contributed by atoms with Gasteiger partial charge in [-0.1, -0.05) is 13.0 Å². The van der Waals surface area contributed by atoms with Gasteiger partial charge >= 0.3 is 0 Å². The first-order valence-corrected chi connectivity index (χ1v) is 3.97. The Morgan fingerprint density at radius 2 is 2.40 bits per heavy atom. The molecule has 0 spiro atoms. The Morgan fingerprint density at radius 3 is 2.90 bits per heavy atom. The van der Waals surface area contributed by atoms with E-state index in [9.17, 15) is 0 Å². The molecule has 0 saturated heterocycles. The van der Waals surface area contributed by atoms with Crippen molar-refractivity contribution in [3.63, 3.8) is 0 Å². The van der Waals surface area contributed by atoms with Crippen LogP contribution in [-0.4, -0.2) is 11.8 Å². The fourth-order valence-corrected chi connectivity index (χ4v) is 1.33. The fourth-order valence-electron chi connectivity index (χ4n) is 1.33. The normalized spacial score (nSPS) is 25.7. The van der Waals surface area contributed by atoms with E-state index in [0.29, 0.717) is 6.04 Å². The lowest BCUT2D eigenvalue weighted by atomic mass is 10.0. The largest absolute Gasteiger partial charge is 0.286 e. The van der Waals surface area contributed by atoms with E-state index >= 15 is 0 Å². The number of nitrogens with zero attached hydrogens (tertiary/aromatic N) is 1. The predicted octanol–water partition coefficient (Wildman–Crippen LogP) is 2.58. The molecule has 0 aromatic heterocycles. The van der Waals surface area contributed by atoms with Crippen LogP contribution in [0, 0.1) is 0 Å². The van der Waals surface area contributed by atoms with E-state index in [-0.39, 0.29) is 0 Å². The first-order valence-electron chi connectivity index (χ1n) is 3.97. The molecule has 1 atom stereocenters. The lowest BCUT2D eigenvalue weighted by Gasteiger charge is -2.14. The molecular formula is C9H15N. The monoisotopic (exact) mass is 137 g/mol. The summed E-state index contributed by atoms with van der Waals surface area (Å²) in [5.74, 6) is 0. The van der Waals surface area contributed by atoms with E-state index in [4.69, 9.17) is 0 Å². The Balaban J connectivity index is 2.71. The van der Waals surface area contributed by atoms with Crippen molar-refractivity contribution in [2.45, 2.75) is 39.7 Å². The summed E-state index contributed by atoms with van der Waals surface area (Å²) < 4.78 is 0. The maximum absolute atomic E-state index is 4.48. The second kappa shape index (κ2) is 3.00. The minimum Gasteiger partial charge on any atom is -0.286 e. The summed E-state index contributed by atoms with van der Waals surface area (Å²) in [7, 11) is 0. The highest BCUT2D eigenvalue weighted by Crippen LogP contribution is 2.14. The van der Waals surface area contributed by atoms with Gasteiger partial charge in [0.15, 0.2) is 0 Å². The minimum absolute atomic E-state index is 0.510. The van der Waals surface area contributed by atoms with Crippen LogP contribution in [0.5, 0.6) is 0 Å². The molecule has 1 aliphatic heterocycles. The molecule has 1 nitrogen and oxygen atoms in total. The highest BCUT2D eigenvalue weighted by molar-refractivity contribution is 5.98. The smallest absolute Gasteiger partial charge is 0.0509 e. The summed E-state index contributed by atoms with van der Waals surface area (Å²) in [4.78, 5) is 4.48. The van der Waals surface area contributed by atoms with E-state index in [1.165, 1.54) is 11.3 Å². The maximum Gasteiger partial charge on any atom is 0.0509 e. The predicted molar refractivity (Wildman–Crippen MR) is 45.6 cm³/mol. The highest BCUT2D eigenvalue weighted by atomic mass is 14.8. The van der Waals surface area contributed by atoms with Crippen molar-refractivity contribution >= 4 is 5.71 Å². The van der Waals surface area contributed by atoms with Crippen LogP contribution >= 0.6 is 0 Å². The van der Waals surface area contributed by atoms with Gasteiger partial charge in [-0.2, -0.15) is 0 Å². The lowest BCUT2D eigenvalue weighted by Crippen LogP contribution is -2.09. The molecule has 1 unspecified atom stereocenters. The van der Waals surface area contributed by atoms with Crippen molar-refractivity contribution in [2.24, 2.45) is 4.99 Å². The zero-order valence-electron chi connectivity index (χ0n) is 7.02. The molecule has 1 aliphatic rings. The molecule has 1 heteroatoms. The number of hydrogen-bond acceptors (Lipinski definition) is 1. The van der Waals surface area contributed by atoms with E-state index < -0.39 is 0 Å². The number of dihydropyridines is 1. The standard InChI is InChI=1S/C9H15N/c1-4-9-6-5-7(2)10-8(9)3/h6-7H,4-5H2,1-3H3. The Labute approximate surface area is 62.9 Å². The van der Waals surface area contributed by atoms with Crippen LogP contribution < -0.4 is 0 Å². The van der Waals surface area contributed by atoms with E-state index in [1.54, 1.807) is 0 Å². The van der Waals surface area contributed by atoms with Crippen molar-refractivity contribution < 1.29 is 0 Å². The summed E-state index contributed by atoms with van der Waals surface area (Å²) in [5.41, 5.74) is 2.67. The Kier molecular flexibility index (Phi) is 2.25. The zero-order valence-corrected chi connectivity index (χ0v) is 7.02. The summed E-state index contributed by atoms with van der Waals surface area (Å²) in [6, 6.07) is 0.510. The molecule has 0 amide bonds. The van der Waals surface area contributed by atoms with Crippen molar-refractivity contribution in [1.29, 1.82) is 0 Å². The second-order valence-electron chi connectivity index (χ2n) is 2.88.